The van der Waals surface area contributed by atoms with Crippen LogP contribution in [-0.4, -0.2) is 42.4 Å². The summed E-state index contributed by atoms with van der Waals surface area (Å²) in [5, 5.41) is 10.4. The lowest BCUT2D eigenvalue weighted by molar-refractivity contribution is -0.908. The zero-order valence-corrected chi connectivity index (χ0v) is 17.7. The average Bonchev–Trinajstić information content (AvgIpc) is 2.80. The van der Waals surface area contributed by atoms with Crippen molar-refractivity contribution in [2.75, 3.05) is 32.8 Å². The van der Waals surface area contributed by atoms with Gasteiger partial charge in [0.05, 0.1) is 42.3 Å². The molecule has 0 amide bonds. The number of nitrogens with one attached hydrogen (secondary N) is 1. The summed E-state index contributed by atoms with van der Waals surface area (Å²) in [6.45, 7) is 5.40. The van der Waals surface area contributed by atoms with Gasteiger partial charge in [-0.2, -0.15) is 5.26 Å². The number of fused-ring (bicyclic) bond motifs is 1. The van der Waals surface area contributed by atoms with Crippen LogP contribution in [0.25, 0.3) is 10.9 Å². The maximum Gasteiger partial charge on any atom is 0.262 e. The highest BCUT2D eigenvalue weighted by molar-refractivity contribution is 7.98. The number of hydrogen-bond donors (Lipinski definition) is 1. The van der Waals surface area contributed by atoms with Crippen molar-refractivity contribution in [3.8, 4) is 6.07 Å². The van der Waals surface area contributed by atoms with Gasteiger partial charge < -0.3 is 9.64 Å². The van der Waals surface area contributed by atoms with E-state index in [1.807, 2.05) is 53.1 Å². The molecule has 7 heteroatoms. The quantitative estimate of drug-likeness (QED) is 0.466. The predicted molar refractivity (Wildman–Crippen MR) is 118 cm³/mol. The van der Waals surface area contributed by atoms with Gasteiger partial charge >= 0.3 is 0 Å². The molecule has 0 radical (unpaired) electrons. The van der Waals surface area contributed by atoms with E-state index in [-0.39, 0.29) is 5.56 Å². The molecule has 1 aromatic heterocycles. The first-order valence-corrected chi connectivity index (χ1v) is 11.3. The number of hydrogen-bond acceptors (Lipinski definition) is 5. The number of thioether (sulfide) groups is 1. The van der Waals surface area contributed by atoms with Crippen molar-refractivity contribution >= 4 is 22.7 Å². The Hall–Kier alpha value is -2.66. The van der Waals surface area contributed by atoms with E-state index in [4.69, 9.17) is 15.0 Å². The Kier molecular flexibility index (Phi) is 6.80. The Morgan fingerprint density at radius 2 is 1.90 bits per heavy atom. The SMILES string of the molecule is N#Cc1ccc(CSc2nc3ccccc3c(=O)n2CCC[NH+]2CCOCC2)cc1. The molecule has 0 bridgehead atoms. The normalized spacial score (nSPS) is 14.6. The van der Waals surface area contributed by atoms with E-state index in [1.54, 1.807) is 11.8 Å². The Morgan fingerprint density at radius 3 is 2.67 bits per heavy atom. The molecule has 6 nitrogen and oxygen atoms in total. The fourth-order valence-electron chi connectivity index (χ4n) is 3.68. The second-order valence-corrected chi connectivity index (χ2v) is 8.37. The van der Waals surface area contributed by atoms with Gasteiger partial charge in [-0.3, -0.25) is 9.36 Å². The maximum atomic E-state index is 13.2. The van der Waals surface area contributed by atoms with Crippen LogP contribution >= 0.6 is 11.8 Å². The first-order chi connectivity index (χ1) is 14.7. The highest BCUT2D eigenvalue weighted by atomic mass is 32.2. The Labute approximate surface area is 180 Å². The standard InChI is InChI=1S/C23H24N4O2S/c24-16-18-6-8-19(9-7-18)17-30-23-25-21-5-2-1-4-20(21)22(28)27(23)11-3-10-26-12-14-29-15-13-26/h1-2,4-9H,3,10-15,17H2/p+1. The molecule has 4 rings (SSSR count). The van der Waals surface area contributed by atoms with Crippen LogP contribution in [0.5, 0.6) is 0 Å². The van der Waals surface area contributed by atoms with Crippen molar-refractivity contribution < 1.29 is 9.64 Å². The van der Waals surface area contributed by atoms with Crippen molar-refractivity contribution in [3.63, 3.8) is 0 Å². The van der Waals surface area contributed by atoms with Crippen LogP contribution in [0.4, 0.5) is 0 Å². The molecular weight excluding hydrogens is 396 g/mol. The van der Waals surface area contributed by atoms with Gasteiger partial charge in [-0.15, -0.1) is 0 Å². The maximum absolute atomic E-state index is 13.2. The minimum absolute atomic E-state index is 0.0277. The second kappa shape index (κ2) is 9.90. The third kappa shape index (κ3) is 4.90. The van der Waals surface area contributed by atoms with Crippen LogP contribution in [0.2, 0.25) is 0 Å². The van der Waals surface area contributed by atoms with Crippen LogP contribution < -0.4 is 10.5 Å². The lowest BCUT2D eigenvalue weighted by atomic mass is 10.2. The molecule has 2 heterocycles. The molecule has 2 aromatic carbocycles. The number of para-hydroxylation sites is 1. The van der Waals surface area contributed by atoms with E-state index in [0.29, 0.717) is 23.2 Å². The molecule has 1 saturated heterocycles. The number of aromatic nitrogens is 2. The number of ether oxygens (including phenoxy) is 1. The molecule has 0 saturated carbocycles. The minimum Gasteiger partial charge on any atom is -0.370 e. The van der Waals surface area contributed by atoms with Gasteiger partial charge in [0, 0.05) is 18.7 Å². The third-order valence-corrected chi connectivity index (χ3v) is 6.44. The number of morpholine rings is 1. The van der Waals surface area contributed by atoms with Gasteiger partial charge in [-0.1, -0.05) is 36.0 Å². The van der Waals surface area contributed by atoms with Gasteiger partial charge in [0.25, 0.3) is 5.56 Å². The largest absolute Gasteiger partial charge is 0.370 e. The van der Waals surface area contributed by atoms with Gasteiger partial charge in [-0.25, -0.2) is 4.98 Å². The molecule has 0 unspecified atom stereocenters. The smallest absolute Gasteiger partial charge is 0.262 e. The molecule has 0 spiro atoms. The highest BCUT2D eigenvalue weighted by Gasteiger charge is 2.15. The van der Waals surface area contributed by atoms with Crippen molar-refractivity contribution in [2.24, 2.45) is 0 Å². The number of quaternary nitrogens is 1. The Bertz CT molecular complexity index is 1100. The summed E-state index contributed by atoms with van der Waals surface area (Å²) in [7, 11) is 0. The minimum atomic E-state index is 0.0277. The first kappa shape index (κ1) is 20.6. The molecule has 0 aliphatic carbocycles. The van der Waals surface area contributed by atoms with Crippen molar-refractivity contribution in [3.05, 3.63) is 70.0 Å². The van der Waals surface area contributed by atoms with Crippen LogP contribution in [0.3, 0.4) is 0 Å². The van der Waals surface area contributed by atoms with Crippen molar-refractivity contribution in [1.82, 2.24) is 9.55 Å². The lowest BCUT2D eigenvalue weighted by Gasteiger charge is -2.24. The summed E-state index contributed by atoms with van der Waals surface area (Å²) >= 11 is 1.57. The number of nitrogens with zero attached hydrogens (tertiary/aromatic N) is 3. The zero-order chi connectivity index (χ0) is 20.8. The first-order valence-electron chi connectivity index (χ1n) is 10.3. The molecule has 154 valence electrons. The number of rotatable bonds is 7. The summed E-state index contributed by atoms with van der Waals surface area (Å²) in [6, 6.07) is 17.2. The molecule has 1 aliphatic heterocycles. The van der Waals surface area contributed by atoms with E-state index in [9.17, 15) is 4.79 Å². The van der Waals surface area contributed by atoms with Gasteiger partial charge in [0.2, 0.25) is 0 Å². The second-order valence-electron chi connectivity index (χ2n) is 7.43. The monoisotopic (exact) mass is 421 g/mol. The Morgan fingerprint density at radius 1 is 1.13 bits per heavy atom. The molecule has 1 fully saturated rings. The summed E-state index contributed by atoms with van der Waals surface area (Å²) in [5.41, 5.74) is 2.51. The molecular formula is C23H25N4O2S+. The lowest BCUT2D eigenvalue weighted by Crippen LogP contribution is -3.14. The van der Waals surface area contributed by atoms with E-state index >= 15 is 0 Å². The van der Waals surface area contributed by atoms with Crippen LogP contribution in [0, 0.1) is 11.3 Å². The Balaban J connectivity index is 1.53. The topological polar surface area (TPSA) is 72.3 Å². The fraction of sp³-hybridized carbons (Fsp3) is 0.348. The van der Waals surface area contributed by atoms with Crippen LogP contribution in [0.1, 0.15) is 17.5 Å². The summed E-state index contributed by atoms with van der Waals surface area (Å²) in [4.78, 5) is 19.5. The van der Waals surface area contributed by atoms with E-state index in [1.165, 1.54) is 4.90 Å². The summed E-state index contributed by atoms with van der Waals surface area (Å²) in [6.07, 6.45) is 0.930. The third-order valence-electron chi connectivity index (χ3n) is 5.39. The summed E-state index contributed by atoms with van der Waals surface area (Å²) in [5.74, 6) is 0.700. The van der Waals surface area contributed by atoms with Crippen LogP contribution in [0.15, 0.2) is 58.5 Å². The average molecular weight is 422 g/mol. The van der Waals surface area contributed by atoms with E-state index in [0.717, 1.165) is 55.5 Å². The van der Waals surface area contributed by atoms with Gasteiger partial charge in [0.15, 0.2) is 5.16 Å². The van der Waals surface area contributed by atoms with E-state index in [2.05, 4.69) is 6.07 Å². The van der Waals surface area contributed by atoms with E-state index < -0.39 is 0 Å². The number of benzene rings is 2. The molecule has 3 aromatic rings. The highest BCUT2D eigenvalue weighted by Crippen LogP contribution is 2.22. The molecule has 1 N–H and O–H groups in total. The zero-order valence-electron chi connectivity index (χ0n) is 16.8. The molecule has 0 atom stereocenters. The van der Waals surface area contributed by atoms with Crippen LogP contribution in [-0.2, 0) is 17.0 Å². The van der Waals surface area contributed by atoms with Gasteiger partial charge in [0.1, 0.15) is 13.1 Å². The van der Waals surface area contributed by atoms with Crippen molar-refractivity contribution in [1.29, 1.82) is 5.26 Å². The van der Waals surface area contributed by atoms with Crippen molar-refractivity contribution in [2.45, 2.75) is 23.9 Å². The fourth-order valence-corrected chi connectivity index (χ4v) is 4.66. The number of nitriles is 1. The molecule has 30 heavy (non-hydrogen) atoms. The molecule has 1 aliphatic rings. The van der Waals surface area contributed by atoms with Gasteiger partial charge in [-0.05, 0) is 29.8 Å². The summed E-state index contributed by atoms with van der Waals surface area (Å²) < 4.78 is 7.26. The predicted octanol–water partition coefficient (Wildman–Crippen LogP) is 1.87.